The molecule has 0 saturated carbocycles. The zero-order valence-electron chi connectivity index (χ0n) is 16.1. The first-order valence-electron chi connectivity index (χ1n) is 9.53. The molecule has 1 aromatic heterocycles. The van der Waals surface area contributed by atoms with Crippen molar-refractivity contribution in [1.29, 1.82) is 0 Å². The van der Waals surface area contributed by atoms with Gasteiger partial charge in [0.1, 0.15) is 5.82 Å². The van der Waals surface area contributed by atoms with E-state index in [-0.39, 0.29) is 17.9 Å². The van der Waals surface area contributed by atoms with Gasteiger partial charge in [-0.05, 0) is 49.6 Å². The SMILES string of the molecule is CCC(CC)C(=O)NC(C)c1nc2ccccc2n1Cc1ccc(Br)cc1. The molecule has 2 aromatic carbocycles. The average Bonchev–Trinajstić information content (AvgIpc) is 3.03. The molecule has 1 atom stereocenters. The van der Waals surface area contributed by atoms with Crippen molar-refractivity contribution in [3.8, 4) is 0 Å². The second-order valence-corrected chi connectivity index (χ2v) is 7.83. The van der Waals surface area contributed by atoms with Gasteiger partial charge in [-0.3, -0.25) is 4.79 Å². The quantitative estimate of drug-likeness (QED) is 0.543. The van der Waals surface area contributed by atoms with E-state index in [0.29, 0.717) is 6.54 Å². The number of amides is 1. The zero-order chi connectivity index (χ0) is 19.4. The lowest BCUT2D eigenvalue weighted by molar-refractivity contribution is -0.125. The molecule has 0 saturated heterocycles. The number of benzene rings is 2. The molecule has 1 N–H and O–H groups in total. The molecule has 0 aliphatic heterocycles. The summed E-state index contributed by atoms with van der Waals surface area (Å²) in [5.41, 5.74) is 3.23. The normalized spacial score (nSPS) is 12.5. The van der Waals surface area contributed by atoms with Gasteiger partial charge in [0.2, 0.25) is 5.91 Å². The number of fused-ring (bicyclic) bond motifs is 1. The zero-order valence-corrected chi connectivity index (χ0v) is 17.7. The van der Waals surface area contributed by atoms with E-state index in [0.717, 1.165) is 34.2 Å². The minimum absolute atomic E-state index is 0.0525. The highest BCUT2D eigenvalue weighted by Crippen LogP contribution is 2.23. The third-order valence-electron chi connectivity index (χ3n) is 5.04. The smallest absolute Gasteiger partial charge is 0.223 e. The van der Waals surface area contributed by atoms with E-state index in [2.05, 4.69) is 57.9 Å². The number of carbonyl (C=O) groups excluding carboxylic acids is 1. The molecule has 0 aliphatic rings. The Kier molecular flexibility index (Phi) is 6.32. The monoisotopic (exact) mass is 427 g/mol. The van der Waals surface area contributed by atoms with E-state index in [9.17, 15) is 4.79 Å². The van der Waals surface area contributed by atoms with Crippen molar-refractivity contribution in [2.45, 2.75) is 46.2 Å². The highest BCUT2D eigenvalue weighted by molar-refractivity contribution is 9.10. The topological polar surface area (TPSA) is 46.9 Å². The maximum atomic E-state index is 12.6. The number of aromatic nitrogens is 2. The summed E-state index contributed by atoms with van der Waals surface area (Å²) in [4.78, 5) is 17.4. The molecule has 0 fully saturated rings. The number of nitrogens with one attached hydrogen (secondary N) is 1. The lowest BCUT2D eigenvalue weighted by atomic mass is 10.0. The van der Waals surface area contributed by atoms with Crippen molar-refractivity contribution in [3.05, 3.63) is 64.4 Å². The highest BCUT2D eigenvalue weighted by Gasteiger charge is 2.21. The minimum Gasteiger partial charge on any atom is -0.346 e. The lowest BCUT2D eigenvalue weighted by Crippen LogP contribution is -2.33. The number of hydrogen-bond acceptors (Lipinski definition) is 2. The van der Waals surface area contributed by atoms with Crippen LogP contribution < -0.4 is 5.32 Å². The van der Waals surface area contributed by atoms with Gasteiger partial charge < -0.3 is 9.88 Å². The molecule has 1 amide bonds. The maximum Gasteiger partial charge on any atom is 0.223 e. The van der Waals surface area contributed by atoms with E-state index < -0.39 is 0 Å². The first-order valence-corrected chi connectivity index (χ1v) is 10.3. The lowest BCUT2D eigenvalue weighted by Gasteiger charge is -2.19. The van der Waals surface area contributed by atoms with Gasteiger partial charge in [-0.2, -0.15) is 0 Å². The molecular weight excluding hydrogens is 402 g/mol. The second kappa shape index (κ2) is 8.70. The van der Waals surface area contributed by atoms with Crippen LogP contribution in [0, 0.1) is 5.92 Å². The molecule has 1 heterocycles. The molecule has 0 aliphatic carbocycles. The number of nitrogens with zero attached hydrogens (tertiary/aromatic N) is 2. The van der Waals surface area contributed by atoms with Crippen molar-refractivity contribution >= 4 is 32.9 Å². The first-order chi connectivity index (χ1) is 13.0. The fraction of sp³-hybridized carbons (Fsp3) is 0.364. The number of halogens is 1. The van der Waals surface area contributed by atoms with Crippen LogP contribution in [-0.2, 0) is 11.3 Å². The molecule has 5 heteroatoms. The van der Waals surface area contributed by atoms with E-state index >= 15 is 0 Å². The average molecular weight is 428 g/mol. The number of imidazole rings is 1. The molecule has 0 bridgehead atoms. The van der Waals surface area contributed by atoms with Crippen molar-refractivity contribution in [2.75, 3.05) is 0 Å². The molecule has 1 unspecified atom stereocenters. The van der Waals surface area contributed by atoms with Gasteiger partial charge >= 0.3 is 0 Å². The van der Waals surface area contributed by atoms with Gasteiger partial charge in [0, 0.05) is 16.9 Å². The van der Waals surface area contributed by atoms with Crippen LogP contribution in [0.3, 0.4) is 0 Å². The Morgan fingerprint density at radius 1 is 1.11 bits per heavy atom. The molecule has 4 nitrogen and oxygen atoms in total. The molecule has 142 valence electrons. The number of para-hydroxylation sites is 2. The van der Waals surface area contributed by atoms with Gasteiger partial charge in [-0.1, -0.05) is 54.0 Å². The van der Waals surface area contributed by atoms with E-state index in [1.54, 1.807) is 0 Å². The standard InChI is InChI=1S/C22H26BrN3O/c1-4-17(5-2)22(27)24-15(3)21-25-19-8-6-7-9-20(19)26(21)14-16-10-12-18(23)13-11-16/h6-13,15,17H,4-5,14H2,1-3H3,(H,24,27). The Balaban J connectivity index is 1.94. The molecule has 3 aromatic rings. The predicted molar refractivity (Wildman–Crippen MR) is 114 cm³/mol. The summed E-state index contributed by atoms with van der Waals surface area (Å²) < 4.78 is 3.27. The summed E-state index contributed by atoms with van der Waals surface area (Å²) in [5, 5.41) is 3.16. The first kappa shape index (κ1) is 19.6. The highest BCUT2D eigenvalue weighted by atomic mass is 79.9. The predicted octanol–water partition coefficient (Wildman–Crippen LogP) is 5.46. The van der Waals surface area contributed by atoms with Crippen molar-refractivity contribution < 1.29 is 4.79 Å². The number of hydrogen-bond donors (Lipinski definition) is 1. The summed E-state index contributed by atoms with van der Waals surface area (Å²) in [6, 6.07) is 16.3. The van der Waals surface area contributed by atoms with Crippen LogP contribution in [0.15, 0.2) is 53.0 Å². The van der Waals surface area contributed by atoms with Crippen LogP contribution in [0.1, 0.15) is 51.0 Å². The van der Waals surface area contributed by atoms with Gasteiger partial charge in [0.05, 0.1) is 17.1 Å². The van der Waals surface area contributed by atoms with E-state index in [4.69, 9.17) is 4.98 Å². The number of carbonyl (C=O) groups is 1. The molecule has 0 spiro atoms. The molecule has 27 heavy (non-hydrogen) atoms. The molecular formula is C22H26BrN3O. The van der Waals surface area contributed by atoms with Gasteiger partial charge in [-0.15, -0.1) is 0 Å². The third-order valence-corrected chi connectivity index (χ3v) is 5.57. The Hall–Kier alpha value is -2.14. The van der Waals surface area contributed by atoms with Crippen molar-refractivity contribution in [2.24, 2.45) is 5.92 Å². The van der Waals surface area contributed by atoms with Crippen LogP contribution in [0.2, 0.25) is 0 Å². The van der Waals surface area contributed by atoms with Gasteiger partial charge in [0.15, 0.2) is 0 Å². The van der Waals surface area contributed by atoms with Gasteiger partial charge in [-0.25, -0.2) is 4.98 Å². The van der Waals surface area contributed by atoms with Crippen LogP contribution in [0.5, 0.6) is 0 Å². The Morgan fingerprint density at radius 2 is 1.78 bits per heavy atom. The third kappa shape index (κ3) is 4.41. The van der Waals surface area contributed by atoms with Gasteiger partial charge in [0.25, 0.3) is 0 Å². The Morgan fingerprint density at radius 3 is 2.44 bits per heavy atom. The fourth-order valence-electron chi connectivity index (χ4n) is 3.42. The minimum atomic E-state index is -0.152. The summed E-state index contributed by atoms with van der Waals surface area (Å²) in [7, 11) is 0. The molecule has 0 radical (unpaired) electrons. The van der Waals surface area contributed by atoms with E-state index in [1.807, 2.05) is 37.3 Å². The van der Waals surface area contributed by atoms with Crippen molar-refractivity contribution in [1.82, 2.24) is 14.9 Å². The van der Waals surface area contributed by atoms with Crippen LogP contribution >= 0.6 is 15.9 Å². The Bertz CT molecular complexity index is 913. The van der Waals surface area contributed by atoms with Crippen LogP contribution in [-0.4, -0.2) is 15.5 Å². The van der Waals surface area contributed by atoms with Crippen LogP contribution in [0.25, 0.3) is 11.0 Å². The van der Waals surface area contributed by atoms with E-state index in [1.165, 1.54) is 5.56 Å². The summed E-state index contributed by atoms with van der Waals surface area (Å²) in [5.74, 6) is 1.05. The molecule has 3 rings (SSSR count). The van der Waals surface area contributed by atoms with Crippen molar-refractivity contribution in [3.63, 3.8) is 0 Å². The summed E-state index contributed by atoms with van der Waals surface area (Å²) >= 11 is 3.49. The fourth-order valence-corrected chi connectivity index (χ4v) is 3.68. The Labute approximate surface area is 169 Å². The maximum absolute atomic E-state index is 12.6. The number of rotatable bonds is 7. The summed E-state index contributed by atoms with van der Waals surface area (Å²) in [6.45, 7) is 6.84. The van der Waals surface area contributed by atoms with Crippen LogP contribution in [0.4, 0.5) is 0 Å². The largest absolute Gasteiger partial charge is 0.346 e. The second-order valence-electron chi connectivity index (χ2n) is 6.92. The summed E-state index contributed by atoms with van der Waals surface area (Å²) in [6.07, 6.45) is 1.70.